The zero-order valence-electron chi connectivity index (χ0n) is 10.1. The summed E-state index contributed by atoms with van der Waals surface area (Å²) >= 11 is 0. The summed E-state index contributed by atoms with van der Waals surface area (Å²) in [6.07, 6.45) is -0.322. The first-order chi connectivity index (χ1) is 7.16. The number of nitrogens with one attached hydrogen (secondary N) is 1. The molecule has 1 aliphatic heterocycles. The fraction of sp³-hybridized carbons (Fsp3) is 0.455. The van der Waals surface area contributed by atoms with Gasteiger partial charge in [0.25, 0.3) is 0 Å². The van der Waals surface area contributed by atoms with Crippen LogP contribution in [0.5, 0.6) is 0 Å². The first-order valence-corrected chi connectivity index (χ1v) is 5.23. The zero-order chi connectivity index (χ0) is 10.8. The van der Waals surface area contributed by atoms with Crippen LogP contribution in [-0.2, 0) is 0 Å². The van der Waals surface area contributed by atoms with E-state index in [2.05, 4.69) is 10.2 Å². The third kappa shape index (κ3) is 4.61. The van der Waals surface area contributed by atoms with Gasteiger partial charge in [-0.3, -0.25) is 0 Å². The van der Waals surface area contributed by atoms with Crippen molar-refractivity contribution in [2.45, 2.75) is 13.0 Å². The summed E-state index contributed by atoms with van der Waals surface area (Å²) < 4.78 is 0. The summed E-state index contributed by atoms with van der Waals surface area (Å²) in [4.78, 5) is 2.16. The van der Waals surface area contributed by atoms with Gasteiger partial charge >= 0.3 is 0 Å². The maximum Gasteiger partial charge on any atom is 0.0687 e. The number of β-amino-alcohol motifs (C(OH)–C–C–N with tert-alkyl or cyclic N) is 1. The van der Waals surface area contributed by atoms with Gasteiger partial charge in [0.05, 0.1) is 17.5 Å². The van der Waals surface area contributed by atoms with Crippen LogP contribution in [0.1, 0.15) is 6.92 Å². The van der Waals surface area contributed by atoms with Gasteiger partial charge in [-0.05, 0) is 25.1 Å². The topological polar surface area (TPSA) is 61.5 Å². The van der Waals surface area contributed by atoms with Crippen molar-refractivity contribution < 1.29 is 5.11 Å². The number of rotatable bonds is 2. The van der Waals surface area contributed by atoms with Crippen molar-refractivity contribution in [2.75, 3.05) is 35.6 Å². The second kappa shape index (κ2) is 8.53. The van der Waals surface area contributed by atoms with Crippen molar-refractivity contribution in [3.63, 3.8) is 0 Å². The van der Waals surface area contributed by atoms with E-state index in [0.717, 1.165) is 30.2 Å². The van der Waals surface area contributed by atoms with Crippen molar-refractivity contribution in [3.05, 3.63) is 18.2 Å². The molecule has 2 rings (SSSR count). The van der Waals surface area contributed by atoms with Gasteiger partial charge in [0.2, 0.25) is 0 Å². The molecule has 0 aliphatic carbocycles. The Balaban J connectivity index is 0. The molecule has 0 radical (unpaired) electrons. The Hall–Kier alpha value is -0.550. The lowest BCUT2D eigenvalue weighted by atomic mass is 10.1. The van der Waals surface area contributed by atoms with E-state index in [9.17, 15) is 5.11 Å². The second-order valence-electron chi connectivity index (χ2n) is 4.00. The first kappa shape index (κ1) is 19.8. The zero-order valence-corrected chi connectivity index (χ0v) is 12.6. The summed E-state index contributed by atoms with van der Waals surface area (Å²) in [5.74, 6) is 0. The summed E-state index contributed by atoms with van der Waals surface area (Å²) in [5, 5.41) is 12.7. The SMILES string of the molecule is CC(O)CN1CCNc2ccc(N)cc21.Cl.Cl.Cl. The quantitative estimate of drug-likeness (QED) is 0.732. The van der Waals surface area contributed by atoms with E-state index in [0.29, 0.717) is 6.54 Å². The molecule has 1 unspecified atom stereocenters. The van der Waals surface area contributed by atoms with Crippen LogP contribution in [0.25, 0.3) is 0 Å². The number of anilines is 3. The fourth-order valence-electron chi connectivity index (χ4n) is 1.91. The first-order valence-electron chi connectivity index (χ1n) is 5.23. The Morgan fingerprint density at radius 2 is 2.06 bits per heavy atom. The molecule has 0 aromatic heterocycles. The second-order valence-corrected chi connectivity index (χ2v) is 4.00. The lowest BCUT2D eigenvalue weighted by Crippen LogP contribution is -2.38. The van der Waals surface area contributed by atoms with Gasteiger partial charge in [0, 0.05) is 25.3 Å². The standard InChI is InChI=1S/C11H17N3O.3ClH/c1-8(15)7-14-5-4-13-10-3-2-9(12)6-11(10)14;;;/h2-3,6,8,13,15H,4-5,7,12H2,1H3;3*1H. The molecular weight excluding hydrogens is 296 g/mol. The van der Waals surface area contributed by atoms with Gasteiger partial charge in [-0.25, -0.2) is 0 Å². The van der Waals surface area contributed by atoms with Crippen LogP contribution in [0.2, 0.25) is 0 Å². The van der Waals surface area contributed by atoms with E-state index in [1.165, 1.54) is 0 Å². The van der Waals surface area contributed by atoms with Gasteiger partial charge in [-0.1, -0.05) is 0 Å². The lowest BCUT2D eigenvalue weighted by molar-refractivity contribution is 0.200. The number of nitrogens with zero attached hydrogens (tertiary/aromatic N) is 1. The van der Waals surface area contributed by atoms with Gasteiger partial charge in [-0.15, -0.1) is 37.2 Å². The maximum absolute atomic E-state index is 9.41. The summed E-state index contributed by atoms with van der Waals surface area (Å²) in [7, 11) is 0. The largest absolute Gasteiger partial charge is 0.399 e. The van der Waals surface area contributed by atoms with Gasteiger partial charge in [0.15, 0.2) is 0 Å². The van der Waals surface area contributed by atoms with Crippen molar-refractivity contribution in [1.82, 2.24) is 0 Å². The normalized spacial score (nSPS) is 14.0. The number of fused-ring (bicyclic) bond motifs is 1. The van der Waals surface area contributed by atoms with Crippen LogP contribution in [0.15, 0.2) is 18.2 Å². The monoisotopic (exact) mass is 315 g/mol. The van der Waals surface area contributed by atoms with E-state index in [-0.39, 0.29) is 43.3 Å². The van der Waals surface area contributed by atoms with Crippen molar-refractivity contribution in [3.8, 4) is 0 Å². The van der Waals surface area contributed by atoms with E-state index >= 15 is 0 Å². The summed E-state index contributed by atoms with van der Waals surface area (Å²) in [5.41, 5.74) is 8.69. The van der Waals surface area contributed by atoms with Crippen molar-refractivity contribution in [1.29, 1.82) is 0 Å². The Labute approximate surface area is 126 Å². The lowest BCUT2D eigenvalue weighted by Gasteiger charge is -2.33. The number of halogens is 3. The van der Waals surface area contributed by atoms with Crippen LogP contribution < -0.4 is 16.0 Å². The number of nitrogen functional groups attached to an aromatic ring is 1. The van der Waals surface area contributed by atoms with Crippen molar-refractivity contribution in [2.24, 2.45) is 0 Å². The molecule has 106 valence electrons. The van der Waals surface area contributed by atoms with E-state index in [4.69, 9.17) is 5.73 Å². The molecule has 0 fully saturated rings. The Bertz CT molecular complexity index is 363. The molecule has 4 nitrogen and oxygen atoms in total. The third-order valence-electron chi connectivity index (χ3n) is 2.54. The molecule has 1 aliphatic rings. The number of aliphatic hydroxyl groups is 1. The Kier molecular flexibility index (Phi) is 9.38. The molecule has 4 N–H and O–H groups in total. The highest BCUT2D eigenvalue weighted by Crippen LogP contribution is 2.30. The van der Waals surface area contributed by atoms with Gasteiger partial charge in [0.1, 0.15) is 0 Å². The van der Waals surface area contributed by atoms with E-state index < -0.39 is 0 Å². The molecule has 18 heavy (non-hydrogen) atoms. The van der Waals surface area contributed by atoms with Crippen LogP contribution in [0.3, 0.4) is 0 Å². The Morgan fingerprint density at radius 1 is 1.39 bits per heavy atom. The number of hydrogen-bond acceptors (Lipinski definition) is 4. The summed E-state index contributed by atoms with van der Waals surface area (Å²) in [6.45, 7) is 4.26. The van der Waals surface area contributed by atoms with Crippen LogP contribution in [0, 0.1) is 0 Å². The highest BCUT2D eigenvalue weighted by atomic mass is 35.5. The smallest absolute Gasteiger partial charge is 0.0687 e. The van der Waals surface area contributed by atoms with E-state index in [1.807, 2.05) is 18.2 Å². The molecule has 1 heterocycles. The number of nitrogens with two attached hydrogens (primary N) is 1. The average Bonchev–Trinajstić information content (AvgIpc) is 2.18. The molecule has 0 amide bonds. The molecule has 7 heteroatoms. The molecule has 1 atom stereocenters. The maximum atomic E-state index is 9.41. The highest BCUT2D eigenvalue weighted by Gasteiger charge is 2.17. The average molecular weight is 317 g/mol. The number of aliphatic hydroxyl groups excluding tert-OH is 1. The van der Waals surface area contributed by atoms with Crippen LogP contribution in [-0.4, -0.2) is 30.8 Å². The molecule has 0 bridgehead atoms. The predicted molar refractivity (Wildman–Crippen MR) is 85.0 cm³/mol. The summed E-state index contributed by atoms with van der Waals surface area (Å²) in [6, 6.07) is 5.82. The molecule has 0 saturated heterocycles. The predicted octanol–water partition coefficient (Wildman–Crippen LogP) is 2.15. The molecule has 1 aromatic carbocycles. The highest BCUT2D eigenvalue weighted by molar-refractivity contribution is 5.86. The van der Waals surface area contributed by atoms with Gasteiger partial charge < -0.3 is 21.1 Å². The minimum Gasteiger partial charge on any atom is -0.399 e. The number of hydrogen-bond donors (Lipinski definition) is 3. The molecule has 0 spiro atoms. The number of benzene rings is 1. The van der Waals surface area contributed by atoms with Crippen molar-refractivity contribution >= 4 is 54.3 Å². The van der Waals surface area contributed by atoms with Crippen LogP contribution in [0.4, 0.5) is 17.1 Å². The van der Waals surface area contributed by atoms with Gasteiger partial charge in [-0.2, -0.15) is 0 Å². The van der Waals surface area contributed by atoms with Crippen LogP contribution >= 0.6 is 37.2 Å². The van der Waals surface area contributed by atoms with E-state index in [1.54, 1.807) is 6.92 Å². The fourth-order valence-corrected chi connectivity index (χ4v) is 1.91. The third-order valence-corrected chi connectivity index (χ3v) is 2.54. The minimum absolute atomic E-state index is 0. The Morgan fingerprint density at radius 3 is 2.67 bits per heavy atom. The molecular formula is C11H20Cl3N3O. The minimum atomic E-state index is -0.322. The molecule has 1 aromatic rings. The molecule has 0 saturated carbocycles.